The largest absolute Gasteiger partial charge is 0.487 e. The Morgan fingerprint density at radius 1 is 1.19 bits per heavy atom. The molecule has 136 valence electrons. The first-order valence-corrected chi connectivity index (χ1v) is 9.42. The first kappa shape index (κ1) is 17.0. The average molecular weight is 351 g/mol. The van der Waals surface area contributed by atoms with Gasteiger partial charge in [0.1, 0.15) is 11.4 Å². The van der Waals surface area contributed by atoms with E-state index >= 15 is 0 Å². The standard InChI is InChI=1S/C21H25N3O2/c25-20(24-12-8-16-5-3-4-11-23-16)18-15-21(9-13-22-14-10-21)26-19-7-2-1-6-17(18)19/h1-7,11,18,22H,8-10,12-15H2,(H,24,25). The molecule has 1 amide bonds. The minimum Gasteiger partial charge on any atom is -0.487 e. The van der Waals surface area contributed by atoms with Crippen molar-refractivity contribution in [2.24, 2.45) is 0 Å². The summed E-state index contributed by atoms with van der Waals surface area (Å²) in [4.78, 5) is 17.3. The number of nitrogens with zero attached hydrogens (tertiary/aromatic N) is 1. The van der Waals surface area contributed by atoms with Crippen molar-refractivity contribution in [1.82, 2.24) is 15.6 Å². The van der Waals surface area contributed by atoms with E-state index in [1.165, 1.54) is 0 Å². The third-order valence-electron chi connectivity index (χ3n) is 5.43. The van der Waals surface area contributed by atoms with Crippen molar-refractivity contribution in [2.45, 2.75) is 37.2 Å². The van der Waals surface area contributed by atoms with Crippen molar-refractivity contribution >= 4 is 5.91 Å². The smallest absolute Gasteiger partial charge is 0.227 e. The maximum Gasteiger partial charge on any atom is 0.227 e. The Labute approximate surface area is 154 Å². The molecule has 0 saturated carbocycles. The van der Waals surface area contributed by atoms with Gasteiger partial charge >= 0.3 is 0 Å². The summed E-state index contributed by atoms with van der Waals surface area (Å²) in [5.41, 5.74) is 1.78. The number of hydrogen-bond acceptors (Lipinski definition) is 4. The summed E-state index contributed by atoms with van der Waals surface area (Å²) >= 11 is 0. The lowest BCUT2D eigenvalue weighted by Gasteiger charge is -2.44. The molecular formula is C21H25N3O2. The molecule has 1 spiro atoms. The van der Waals surface area contributed by atoms with Crippen LogP contribution in [0.3, 0.4) is 0 Å². The molecule has 5 heteroatoms. The van der Waals surface area contributed by atoms with Crippen LogP contribution < -0.4 is 15.4 Å². The quantitative estimate of drug-likeness (QED) is 0.888. The number of aromatic nitrogens is 1. The molecule has 4 rings (SSSR count). The van der Waals surface area contributed by atoms with Crippen LogP contribution in [-0.2, 0) is 11.2 Å². The van der Waals surface area contributed by atoms with Crippen molar-refractivity contribution in [2.75, 3.05) is 19.6 Å². The van der Waals surface area contributed by atoms with Gasteiger partial charge in [-0.05, 0) is 44.1 Å². The molecule has 2 N–H and O–H groups in total. The van der Waals surface area contributed by atoms with Crippen LogP contribution in [0, 0.1) is 0 Å². The molecule has 2 aromatic rings. The highest BCUT2D eigenvalue weighted by Crippen LogP contribution is 2.44. The lowest BCUT2D eigenvalue weighted by molar-refractivity contribution is -0.125. The lowest BCUT2D eigenvalue weighted by Crippen LogP contribution is -2.51. The summed E-state index contributed by atoms with van der Waals surface area (Å²) in [5.74, 6) is 0.807. The first-order valence-electron chi connectivity index (χ1n) is 9.42. The zero-order valence-corrected chi connectivity index (χ0v) is 14.9. The van der Waals surface area contributed by atoms with Crippen LogP contribution in [-0.4, -0.2) is 36.1 Å². The van der Waals surface area contributed by atoms with E-state index in [9.17, 15) is 4.79 Å². The second kappa shape index (κ2) is 7.46. The molecule has 0 aliphatic carbocycles. The molecule has 5 nitrogen and oxygen atoms in total. The van der Waals surface area contributed by atoms with Gasteiger partial charge in [-0.25, -0.2) is 0 Å². The molecule has 1 unspecified atom stereocenters. The summed E-state index contributed by atoms with van der Waals surface area (Å²) in [5, 5.41) is 6.50. The van der Waals surface area contributed by atoms with Crippen LogP contribution in [0.5, 0.6) is 5.75 Å². The number of carbonyl (C=O) groups is 1. The van der Waals surface area contributed by atoms with Crippen LogP contribution >= 0.6 is 0 Å². The molecule has 2 aliphatic heterocycles. The van der Waals surface area contributed by atoms with E-state index in [0.29, 0.717) is 6.54 Å². The Morgan fingerprint density at radius 3 is 2.81 bits per heavy atom. The van der Waals surface area contributed by atoms with E-state index in [1.807, 2.05) is 42.5 Å². The van der Waals surface area contributed by atoms with Crippen molar-refractivity contribution in [3.8, 4) is 5.75 Å². The summed E-state index contributed by atoms with van der Waals surface area (Å²) in [6.07, 6.45) is 5.17. The van der Waals surface area contributed by atoms with Gasteiger partial charge in [0.25, 0.3) is 0 Å². The minimum absolute atomic E-state index is 0.0922. The van der Waals surface area contributed by atoms with Crippen molar-refractivity contribution in [1.29, 1.82) is 0 Å². The number of amides is 1. The zero-order chi connectivity index (χ0) is 17.8. The number of piperidine rings is 1. The van der Waals surface area contributed by atoms with Gasteiger partial charge in [-0.1, -0.05) is 24.3 Å². The Bertz CT molecular complexity index is 757. The van der Waals surface area contributed by atoms with Gasteiger partial charge in [-0.2, -0.15) is 0 Å². The van der Waals surface area contributed by atoms with Gasteiger partial charge in [0.2, 0.25) is 5.91 Å². The van der Waals surface area contributed by atoms with Crippen LogP contribution in [0.2, 0.25) is 0 Å². The van der Waals surface area contributed by atoms with Gasteiger partial charge in [-0.15, -0.1) is 0 Å². The maximum atomic E-state index is 13.0. The van der Waals surface area contributed by atoms with Gasteiger partial charge in [0, 0.05) is 36.8 Å². The summed E-state index contributed by atoms with van der Waals surface area (Å²) in [6.45, 7) is 2.48. The van der Waals surface area contributed by atoms with E-state index in [1.54, 1.807) is 6.20 Å². The molecule has 0 bridgehead atoms. The number of hydrogen-bond donors (Lipinski definition) is 2. The molecule has 3 heterocycles. The van der Waals surface area contributed by atoms with Gasteiger partial charge in [0.15, 0.2) is 0 Å². The Hall–Kier alpha value is -2.40. The highest BCUT2D eigenvalue weighted by atomic mass is 16.5. The maximum absolute atomic E-state index is 13.0. The Morgan fingerprint density at radius 2 is 2.00 bits per heavy atom. The van der Waals surface area contributed by atoms with E-state index < -0.39 is 0 Å². The molecule has 0 radical (unpaired) electrons. The van der Waals surface area contributed by atoms with Crippen LogP contribution in [0.4, 0.5) is 0 Å². The van der Waals surface area contributed by atoms with E-state index in [-0.39, 0.29) is 17.4 Å². The summed E-state index contributed by atoms with van der Waals surface area (Å²) in [7, 11) is 0. The predicted molar refractivity (Wildman–Crippen MR) is 100 cm³/mol. The molecule has 1 saturated heterocycles. The third-order valence-corrected chi connectivity index (χ3v) is 5.43. The number of benzene rings is 1. The Kier molecular flexibility index (Phi) is 4.89. The number of fused-ring (bicyclic) bond motifs is 1. The summed E-state index contributed by atoms with van der Waals surface area (Å²) < 4.78 is 6.38. The molecule has 1 aromatic carbocycles. The molecule has 26 heavy (non-hydrogen) atoms. The topological polar surface area (TPSA) is 63.2 Å². The first-order chi connectivity index (χ1) is 12.8. The number of ether oxygens (including phenoxy) is 1. The Balaban J connectivity index is 1.47. The highest BCUT2D eigenvalue weighted by molar-refractivity contribution is 5.85. The lowest BCUT2D eigenvalue weighted by atomic mass is 9.77. The fourth-order valence-electron chi connectivity index (χ4n) is 4.02. The number of nitrogens with one attached hydrogen (secondary N) is 2. The van der Waals surface area contributed by atoms with Crippen LogP contribution in [0.1, 0.15) is 36.4 Å². The molecule has 2 aliphatic rings. The van der Waals surface area contributed by atoms with Crippen molar-refractivity contribution in [3.63, 3.8) is 0 Å². The zero-order valence-electron chi connectivity index (χ0n) is 14.9. The number of para-hydroxylation sites is 1. The fraction of sp³-hybridized carbons (Fsp3) is 0.429. The van der Waals surface area contributed by atoms with Crippen LogP contribution in [0.15, 0.2) is 48.7 Å². The number of pyridine rings is 1. The molecule has 1 fully saturated rings. The average Bonchev–Trinajstić information content (AvgIpc) is 2.69. The molecular weight excluding hydrogens is 326 g/mol. The molecule has 1 atom stereocenters. The normalized spacial score (nSPS) is 20.8. The van der Waals surface area contributed by atoms with E-state index in [4.69, 9.17) is 4.74 Å². The number of carbonyl (C=O) groups excluding carboxylic acids is 1. The van der Waals surface area contributed by atoms with Gasteiger partial charge in [-0.3, -0.25) is 9.78 Å². The second-order valence-electron chi connectivity index (χ2n) is 7.19. The molecule has 1 aromatic heterocycles. The summed E-state index contributed by atoms with van der Waals surface area (Å²) in [6, 6.07) is 13.8. The van der Waals surface area contributed by atoms with Gasteiger partial charge < -0.3 is 15.4 Å². The minimum atomic E-state index is -0.220. The number of rotatable bonds is 4. The second-order valence-corrected chi connectivity index (χ2v) is 7.19. The van der Waals surface area contributed by atoms with Gasteiger partial charge in [0.05, 0.1) is 5.92 Å². The third kappa shape index (κ3) is 3.58. The van der Waals surface area contributed by atoms with E-state index in [2.05, 4.69) is 15.6 Å². The van der Waals surface area contributed by atoms with Crippen LogP contribution in [0.25, 0.3) is 0 Å². The predicted octanol–water partition coefficient (Wildman–Crippen LogP) is 2.43. The van der Waals surface area contributed by atoms with Crippen molar-refractivity contribution in [3.05, 3.63) is 59.9 Å². The van der Waals surface area contributed by atoms with Crippen molar-refractivity contribution < 1.29 is 9.53 Å². The monoisotopic (exact) mass is 351 g/mol. The van der Waals surface area contributed by atoms with E-state index in [0.717, 1.165) is 55.8 Å². The SMILES string of the molecule is O=C(NCCc1ccccn1)C1CC2(CCNCC2)Oc2ccccc21. The highest BCUT2D eigenvalue weighted by Gasteiger charge is 2.43. The fourth-order valence-corrected chi connectivity index (χ4v) is 4.02.